The Morgan fingerprint density at radius 1 is 1.33 bits per heavy atom. The number of nitrogens with one attached hydrogen (secondary N) is 1. The highest BCUT2D eigenvalue weighted by Crippen LogP contribution is 2.42. The predicted molar refractivity (Wildman–Crippen MR) is 108 cm³/mol. The topological polar surface area (TPSA) is 102 Å². The number of nitrogens with zero attached hydrogens (tertiary/aromatic N) is 4. The molecule has 27 heavy (non-hydrogen) atoms. The monoisotopic (exact) mass is 402 g/mol. The number of aromatic nitrogens is 5. The Morgan fingerprint density at radius 3 is 2.93 bits per heavy atom. The minimum absolute atomic E-state index is 0.0160. The molecule has 3 heterocycles. The van der Waals surface area contributed by atoms with Crippen LogP contribution in [-0.4, -0.2) is 24.7 Å². The fourth-order valence-corrected chi connectivity index (χ4v) is 6.19. The van der Waals surface area contributed by atoms with Crippen molar-refractivity contribution in [3.63, 3.8) is 0 Å². The number of hydrogen-bond donors (Lipinski definition) is 2. The first-order valence-electron chi connectivity index (χ1n) is 9.42. The largest absolute Gasteiger partial charge is 0.368 e. The van der Waals surface area contributed by atoms with Gasteiger partial charge in [-0.15, -0.1) is 21.5 Å². The first kappa shape index (κ1) is 17.2. The second kappa shape index (κ2) is 6.34. The Hall–Kier alpha value is -1.87. The zero-order valence-electron chi connectivity index (χ0n) is 15.4. The molecule has 0 aromatic carbocycles. The number of nitrogen functional groups attached to an aromatic ring is 1. The van der Waals surface area contributed by atoms with Gasteiger partial charge in [-0.05, 0) is 50.5 Å². The predicted octanol–water partition coefficient (Wildman–Crippen LogP) is 3.47. The Labute approximate surface area is 164 Å². The summed E-state index contributed by atoms with van der Waals surface area (Å²) < 4.78 is 2.00. The van der Waals surface area contributed by atoms with Crippen molar-refractivity contribution in [2.45, 2.75) is 62.4 Å². The van der Waals surface area contributed by atoms with Gasteiger partial charge in [0.05, 0.1) is 10.6 Å². The highest BCUT2D eigenvalue weighted by Gasteiger charge is 2.30. The number of rotatable bonds is 4. The average Bonchev–Trinajstić information content (AvgIpc) is 3.29. The van der Waals surface area contributed by atoms with Gasteiger partial charge < -0.3 is 10.7 Å². The molecule has 0 amide bonds. The molecular formula is C18H22N6OS2. The van der Waals surface area contributed by atoms with Crippen LogP contribution in [0.4, 0.5) is 5.95 Å². The lowest BCUT2D eigenvalue weighted by Crippen LogP contribution is -2.15. The maximum atomic E-state index is 12.8. The summed E-state index contributed by atoms with van der Waals surface area (Å²) in [4.78, 5) is 22.8. The number of nitrogens with two attached hydrogens (primary N) is 1. The van der Waals surface area contributed by atoms with E-state index in [1.165, 1.54) is 10.4 Å². The van der Waals surface area contributed by atoms with Gasteiger partial charge in [-0.1, -0.05) is 18.7 Å². The van der Waals surface area contributed by atoms with Crippen molar-refractivity contribution in [3.05, 3.63) is 26.6 Å². The third kappa shape index (κ3) is 2.97. The van der Waals surface area contributed by atoms with Gasteiger partial charge in [-0.25, -0.2) is 4.98 Å². The molecule has 3 aromatic rings. The number of aryl methyl sites for hydroxylation is 1. The summed E-state index contributed by atoms with van der Waals surface area (Å²) >= 11 is 3.23. The summed E-state index contributed by atoms with van der Waals surface area (Å²) in [6.07, 6.45) is 5.41. The van der Waals surface area contributed by atoms with Crippen molar-refractivity contribution in [3.8, 4) is 0 Å². The molecule has 0 radical (unpaired) electrons. The SMILES string of the molecule is C[C@H]1CCc2c(sc3nc([C@H](C)Sc4nnc(N)n4C4CC4)[nH]c(=O)c23)C1. The molecule has 0 unspecified atom stereocenters. The molecule has 7 nitrogen and oxygen atoms in total. The summed E-state index contributed by atoms with van der Waals surface area (Å²) in [6, 6.07) is 0.412. The van der Waals surface area contributed by atoms with Crippen LogP contribution < -0.4 is 11.3 Å². The number of thiophene rings is 1. The van der Waals surface area contributed by atoms with Crippen LogP contribution >= 0.6 is 23.1 Å². The normalized spacial score (nSPS) is 20.7. The van der Waals surface area contributed by atoms with E-state index in [-0.39, 0.29) is 10.8 Å². The average molecular weight is 403 g/mol. The second-order valence-corrected chi connectivity index (χ2v) is 10.1. The van der Waals surface area contributed by atoms with Gasteiger partial charge in [0.1, 0.15) is 10.7 Å². The Balaban J connectivity index is 1.49. The molecule has 1 fully saturated rings. The number of anilines is 1. The Kier molecular flexibility index (Phi) is 4.05. The molecule has 2 aliphatic rings. The fourth-order valence-electron chi connectivity index (χ4n) is 3.82. The Bertz CT molecular complexity index is 1080. The van der Waals surface area contributed by atoms with E-state index in [9.17, 15) is 4.79 Å². The molecule has 3 aromatic heterocycles. The van der Waals surface area contributed by atoms with Crippen LogP contribution in [0.2, 0.25) is 0 Å². The number of thioether (sulfide) groups is 1. The second-order valence-electron chi connectivity index (χ2n) is 7.69. The van der Waals surface area contributed by atoms with E-state index in [0.29, 0.717) is 23.7 Å². The molecule has 3 N–H and O–H groups in total. The van der Waals surface area contributed by atoms with Crippen molar-refractivity contribution < 1.29 is 0 Å². The number of aromatic amines is 1. The fraction of sp³-hybridized carbons (Fsp3) is 0.556. The van der Waals surface area contributed by atoms with Crippen LogP contribution in [-0.2, 0) is 12.8 Å². The highest BCUT2D eigenvalue weighted by atomic mass is 32.2. The molecule has 142 valence electrons. The zero-order chi connectivity index (χ0) is 18.7. The molecule has 0 aliphatic heterocycles. The summed E-state index contributed by atoms with van der Waals surface area (Å²) in [5.74, 6) is 1.83. The van der Waals surface area contributed by atoms with E-state index >= 15 is 0 Å². The van der Waals surface area contributed by atoms with Crippen LogP contribution in [0.3, 0.4) is 0 Å². The number of H-pyrrole nitrogens is 1. The standard InChI is InChI=1S/C18H22N6OS2/c1-8-3-6-11-12(7-8)27-16-13(11)15(25)20-14(21-16)9(2)26-18-23-22-17(19)24(18)10-4-5-10/h8-10H,3-7H2,1-2H3,(H2,19,22)(H,20,21,25)/t8-,9-/m0/s1. The van der Waals surface area contributed by atoms with Gasteiger partial charge in [0.15, 0.2) is 5.16 Å². The molecule has 5 rings (SSSR count). The van der Waals surface area contributed by atoms with E-state index in [0.717, 1.165) is 47.5 Å². The van der Waals surface area contributed by atoms with Gasteiger partial charge in [0.2, 0.25) is 5.95 Å². The first-order valence-corrected chi connectivity index (χ1v) is 11.1. The van der Waals surface area contributed by atoms with Crippen LogP contribution in [0, 0.1) is 5.92 Å². The maximum Gasteiger partial charge on any atom is 0.259 e. The summed E-state index contributed by atoms with van der Waals surface area (Å²) in [5, 5.41) is 9.80. The van der Waals surface area contributed by atoms with Gasteiger partial charge in [0, 0.05) is 10.9 Å². The van der Waals surface area contributed by atoms with Gasteiger partial charge >= 0.3 is 0 Å². The van der Waals surface area contributed by atoms with E-state index < -0.39 is 0 Å². The zero-order valence-corrected chi connectivity index (χ0v) is 17.0. The molecule has 0 bridgehead atoms. The number of fused-ring (bicyclic) bond motifs is 3. The van der Waals surface area contributed by atoms with E-state index in [1.54, 1.807) is 23.1 Å². The molecule has 9 heteroatoms. The van der Waals surface area contributed by atoms with Crippen molar-refractivity contribution in [1.82, 2.24) is 24.7 Å². The quantitative estimate of drug-likeness (QED) is 0.648. The van der Waals surface area contributed by atoms with E-state index in [1.807, 2.05) is 11.5 Å². The summed E-state index contributed by atoms with van der Waals surface area (Å²) in [6.45, 7) is 4.31. The van der Waals surface area contributed by atoms with Gasteiger partial charge in [-0.3, -0.25) is 9.36 Å². The van der Waals surface area contributed by atoms with Crippen LogP contribution in [0.5, 0.6) is 0 Å². The van der Waals surface area contributed by atoms with Crippen LogP contribution in [0.1, 0.15) is 60.7 Å². The van der Waals surface area contributed by atoms with Crippen LogP contribution in [0.15, 0.2) is 9.95 Å². The Morgan fingerprint density at radius 2 is 2.15 bits per heavy atom. The number of hydrogen-bond acceptors (Lipinski definition) is 7. The van der Waals surface area contributed by atoms with Gasteiger partial charge in [-0.2, -0.15) is 0 Å². The minimum Gasteiger partial charge on any atom is -0.368 e. The third-order valence-corrected chi connectivity index (χ3v) is 7.67. The van der Waals surface area contributed by atoms with Crippen LogP contribution in [0.25, 0.3) is 10.2 Å². The third-order valence-electron chi connectivity index (χ3n) is 5.45. The summed E-state index contributed by atoms with van der Waals surface area (Å²) in [7, 11) is 0. The van der Waals surface area contributed by atoms with E-state index in [2.05, 4.69) is 22.1 Å². The lowest BCUT2D eigenvalue weighted by atomic mass is 9.89. The molecule has 2 atom stereocenters. The van der Waals surface area contributed by atoms with Crippen molar-refractivity contribution in [2.24, 2.45) is 5.92 Å². The van der Waals surface area contributed by atoms with E-state index in [4.69, 9.17) is 10.7 Å². The van der Waals surface area contributed by atoms with Crippen molar-refractivity contribution in [1.29, 1.82) is 0 Å². The van der Waals surface area contributed by atoms with Crippen molar-refractivity contribution in [2.75, 3.05) is 5.73 Å². The maximum absolute atomic E-state index is 12.8. The molecular weight excluding hydrogens is 380 g/mol. The highest BCUT2D eigenvalue weighted by molar-refractivity contribution is 7.99. The molecule has 0 spiro atoms. The minimum atomic E-state index is -0.0405. The lowest BCUT2D eigenvalue weighted by Gasteiger charge is -2.17. The molecule has 1 saturated carbocycles. The van der Waals surface area contributed by atoms with Crippen molar-refractivity contribution >= 4 is 39.3 Å². The summed E-state index contributed by atoms with van der Waals surface area (Å²) in [5.41, 5.74) is 7.17. The lowest BCUT2D eigenvalue weighted by molar-refractivity contribution is 0.509. The first-order chi connectivity index (χ1) is 13.0. The molecule has 2 aliphatic carbocycles. The van der Waals surface area contributed by atoms with Gasteiger partial charge in [0.25, 0.3) is 5.56 Å². The smallest absolute Gasteiger partial charge is 0.259 e. The molecule has 0 saturated heterocycles.